The number of fused-ring (bicyclic) bond motifs is 1. The Labute approximate surface area is 167 Å². The van der Waals surface area contributed by atoms with E-state index in [0.717, 1.165) is 13.3 Å². The van der Waals surface area contributed by atoms with E-state index in [1.807, 2.05) is 18.2 Å². The molecular weight excluding hydrogens is 457 g/mol. The van der Waals surface area contributed by atoms with Crippen molar-refractivity contribution >= 4 is 45.2 Å². The lowest BCUT2D eigenvalue weighted by molar-refractivity contribution is -0.118. The predicted octanol–water partition coefficient (Wildman–Crippen LogP) is 2.65. The molecule has 1 fully saturated rings. The maximum atomic E-state index is 13.3. The van der Waals surface area contributed by atoms with E-state index in [2.05, 4.69) is 27.6 Å². The number of nitriles is 1. The highest BCUT2D eigenvalue weighted by Gasteiger charge is 2.39. The summed E-state index contributed by atoms with van der Waals surface area (Å²) in [6, 6.07) is 16.3. The highest BCUT2D eigenvalue weighted by Crippen LogP contribution is 2.24. The van der Waals surface area contributed by atoms with Gasteiger partial charge in [0.1, 0.15) is 11.8 Å². The molecule has 1 unspecified atom stereocenters. The van der Waals surface area contributed by atoms with Crippen molar-refractivity contribution in [2.75, 3.05) is 5.01 Å². The summed E-state index contributed by atoms with van der Waals surface area (Å²) in [6.07, 6.45) is -0.125. The smallest absolute Gasteiger partial charge is 0.281 e. The first-order valence-electron chi connectivity index (χ1n) is 8.10. The molecule has 0 saturated carbocycles. The molecule has 1 saturated heterocycles. The number of amides is 1. The molecule has 1 aliphatic rings. The first kappa shape index (κ1) is 17.4. The van der Waals surface area contributed by atoms with E-state index in [0.29, 0.717) is 16.5 Å². The van der Waals surface area contributed by atoms with Crippen molar-refractivity contribution in [3.8, 4) is 17.5 Å². The molecule has 0 spiro atoms. The van der Waals surface area contributed by atoms with Gasteiger partial charge in [0, 0.05) is 9.13 Å². The molecule has 1 N–H and O–H groups in total. The lowest BCUT2D eigenvalue weighted by atomic mass is 10.1. The van der Waals surface area contributed by atoms with Gasteiger partial charge in [-0.15, -0.1) is 0 Å². The lowest BCUT2D eigenvalue weighted by Gasteiger charge is -2.22. The number of hydrogen-bond acceptors (Lipinski definition) is 5. The van der Waals surface area contributed by atoms with Gasteiger partial charge in [-0.05, 0) is 40.8 Å². The third kappa shape index (κ3) is 2.80. The second kappa shape index (κ2) is 6.59. The largest absolute Gasteiger partial charge is 0.285 e. The summed E-state index contributed by atoms with van der Waals surface area (Å²) in [6.45, 7) is 0. The zero-order chi connectivity index (χ0) is 19.1. The molecule has 0 aliphatic carbocycles. The molecule has 1 amide bonds. The number of amidine groups is 1. The van der Waals surface area contributed by atoms with Crippen LogP contribution in [-0.4, -0.2) is 21.4 Å². The van der Waals surface area contributed by atoms with E-state index in [9.17, 15) is 14.9 Å². The molecular formula is C19H12IN5O2. The van der Waals surface area contributed by atoms with Crippen LogP contribution in [0, 0.1) is 26.2 Å². The summed E-state index contributed by atoms with van der Waals surface area (Å²) in [5.41, 5.74) is 0.690. The van der Waals surface area contributed by atoms with Crippen LogP contribution >= 0.6 is 22.6 Å². The minimum atomic E-state index is -0.875. The molecule has 7 nitrogen and oxygen atoms in total. The highest BCUT2D eigenvalue weighted by atomic mass is 127. The molecule has 3 aromatic rings. The van der Waals surface area contributed by atoms with Crippen LogP contribution in [0.2, 0.25) is 0 Å². The fourth-order valence-electron chi connectivity index (χ4n) is 3.07. The Morgan fingerprint density at radius 1 is 1.19 bits per heavy atom. The second-order valence-electron chi connectivity index (χ2n) is 6.06. The van der Waals surface area contributed by atoms with Crippen LogP contribution in [0.1, 0.15) is 6.42 Å². The van der Waals surface area contributed by atoms with E-state index < -0.39 is 17.4 Å². The molecule has 1 aromatic heterocycles. The van der Waals surface area contributed by atoms with Gasteiger partial charge in [-0.2, -0.15) is 14.9 Å². The highest BCUT2D eigenvalue weighted by molar-refractivity contribution is 14.1. The van der Waals surface area contributed by atoms with Gasteiger partial charge in [-0.3, -0.25) is 15.0 Å². The number of carbonyl (C=O) groups is 1. The Morgan fingerprint density at radius 2 is 1.93 bits per heavy atom. The van der Waals surface area contributed by atoms with Crippen LogP contribution in [0.4, 0.5) is 0 Å². The van der Waals surface area contributed by atoms with Crippen LogP contribution in [0.15, 0.2) is 53.3 Å². The third-order valence-corrected chi connectivity index (χ3v) is 5.04. The summed E-state index contributed by atoms with van der Waals surface area (Å²) in [7, 11) is 0. The number of carbonyl (C=O) groups excluding carboxylic acids is 1. The SMILES string of the molecule is N#CC1CC(=O)N(n2c(-c3ccccc3)nc3ccc(I)cc3c2=O)C1=N. The lowest BCUT2D eigenvalue weighted by Crippen LogP contribution is -2.47. The van der Waals surface area contributed by atoms with Crippen molar-refractivity contribution in [1.82, 2.24) is 9.66 Å². The Morgan fingerprint density at radius 3 is 2.59 bits per heavy atom. The summed E-state index contributed by atoms with van der Waals surface area (Å²) < 4.78 is 1.98. The Kier molecular flexibility index (Phi) is 4.24. The van der Waals surface area contributed by atoms with Gasteiger partial charge in [-0.1, -0.05) is 30.3 Å². The van der Waals surface area contributed by atoms with Crippen molar-refractivity contribution in [2.24, 2.45) is 5.92 Å². The average Bonchev–Trinajstić information content (AvgIpc) is 2.96. The molecule has 132 valence electrons. The molecule has 2 heterocycles. The molecule has 1 aliphatic heterocycles. The average molecular weight is 469 g/mol. The van der Waals surface area contributed by atoms with Crippen LogP contribution in [0.5, 0.6) is 0 Å². The van der Waals surface area contributed by atoms with Gasteiger partial charge < -0.3 is 0 Å². The number of halogens is 1. The first-order chi connectivity index (χ1) is 13.0. The van der Waals surface area contributed by atoms with Crippen molar-refractivity contribution in [1.29, 1.82) is 10.7 Å². The predicted molar refractivity (Wildman–Crippen MR) is 109 cm³/mol. The Bertz CT molecular complexity index is 1200. The number of benzene rings is 2. The van der Waals surface area contributed by atoms with Crippen LogP contribution in [0.3, 0.4) is 0 Å². The normalized spacial score (nSPS) is 16.7. The van der Waals surface area contributed by atoms with Gasteiger partial charge in [0.05, 0.1) is 23.4 Å². The maximum Gasteiger partial charge on any atom is 0.281 e. The summed E-state index contributed by atoms with van der Waals surface area (Å²) >= 11 is 2.10. The van der Waals surface area contributed by atoms with E-state index >= 15 is 0 Å². The third-order valence-electron chi connectivity index (χ3n) is 4.37. The van der Waals surface area contributed by atoms with Crippen LogP contribution in [-0.2, 0) is 4.79 Å². The van der Waals surface area contributed by atoms with Crippen LogP contribution in [0.25, 0.3) is 22.3 Å². The maximum absolute atomic E-state index is 13.3. The summed E-state index contributed by atoms with van der Waals surface area (Å²) in [5.74, 6) is -1.31. The number of nitrogens with one attached hydrogen (secondary N) is 1. The first-order valence-corrected chi connectivity index (χ1v) is 9.18. The number of aromatic nitrogens is 2. The number of rotatable bonds is 2. The van der Waals surface area contributed by atoms with E-state index in [1.54, 1.807) is 36.4 Å². The molecule has 0 radical (unpaired) electrons. The molecule has 0 bridgehead atoms. The monoisotopic (exact) mass is 469 g/mol. The topological polar surface area (TPSA) is 103 Å². The Hall–Kier alpha value is -3.06. The van der Waals surface area contributed by atoms with Crippen LogP contribution < -0.4 is 10.6 Å². The zero-order valence-electron chi connectivity index (χ0n) is 13.9. The molecule has 2 aromatic carbocycles. The van der Waals surface area contributed by atoms with E-state index in [4.69, 9.17) is 5.41 Å². The van der Waals surface area contributed by atoms with E-state index in [-0.39, 0.29) is 18.1 Å². The molecule has 27 heavy (non-hydrogen) atoms. The second-order valence-corrected chi connectivity index (χ2v) is 7.30. The van der Waals surface area contributed by atoms with Gasteiger partial charge in [-0.25, -0.2) is 4.98 Å². The zero-order valence-corrected chi connectivity index (χ0v) is 16.0. The fourth-order valence-corrected chi connectivity index (χ4v) is 3.57. The van der Waals surface area contributed by atoms with Gasteiger partial charge in [0.15, 0.2) is 5.82 Å². The number of hydrogen-bond donors (Lipinski definition) is 1. The quantitative estimate of drug-likeness (QED) is 0.583. The van der Waals surface area contributed by atoms with E-state index in [1.165, 1.54) is 0 Å². The standard InChI is InChI=1S/C19H12IN5O2/c20-13-6-7-15-14(9-13)19(27)25(18(23-15)11-4-2-1-3-5-11)24-16(26)8-12(10-21)17(24)22/h1-7,9,12,22H,8H2. The van der Waals surface area contributed by atoms with Crippen molar-refractivity contribution in [3.63, 3.8) is 0 Å². The summed E-state index contributed by atoms with van der Waals surface area (Å²) in [4.78, 5) is 30.4. The minimum Gasteiger partial charge on any atom is -0.285 e. The van der Waals surface area contributed by atoms with Gasteiger partial charge >= 0.3 is 0 Å². The van der Waals surface area contributed by atoms with Crippen molar-refractivity contribution in [3.05, 3.63) is 62.5 Å². The van der Waals surface area contributed by atoms with Crippen molar-refractivity contribution < 1.29 is 4.79 Å². The Balaban J connectivity index is 2.08. The van der Waals surface area contributed by atoms with Gasteiger partial charge in [0.2, 0.25) is 5.91 Å². The summed E-state index contributed by atoms with van der Waals surface area (Å²) in [5, 5.41) is 18.8. The minimum absolute atomic E-state index is 0.125. The molecule has 1 atom stereocenters. The molecule has 8 heteroatoms. The number of nitrogens with zero attached hydrogens (tertiary/aromatic N) is 4. The van der Waals surface area contributed by atoms with Crippen molar-refractivity contribution in [2.45, 2.75) is 6.42 Å². The fraction of sp³-hybridized carbons (Fsp3) is 0.105. The van der Waals surface area contributed by atoms with Gasteiger partial charge in [0.25, 0.3) is 5.56 Å². The molecule has 4 rings (SSSR count).